The molecule has 0 spiro atoms. The Morgan fingerprint density at radius 1 is 1.17 bits per heavy atom. The number of amides is 1. The molecule has 4 aromatic rings. The maximum absolute atomic E-state index is 12.6. The molecule has 0 aliphatic carbocycles. The SMILES string of the molecule is O=C(C[C@H](c1ccsc1)n1cccc1)Nc1cccc2[nH]ccc12. The largest absolute Gasteiger partial charge is 0.361 e. The van der Waals surface area contributed by atoms with Crippen molar-refractivity contribution in [3.63, 3.8) is 0 Å². The molecule has 3 heterocycles. The van der Waals surface area contributed by atoms with Gasteiger partial charge in [0.2, 0.25) is 5.91 Å². The molecule has 1 aromatic carbocycles. The van der Waals surface area contributed by atoms with Crippen LogP contribution in [0, 0.1) is 0 Å². The lowest BCUT2D eigenvalue weighted by molar-refractivity contribution is -0.116. The Labute approximate surface area is 143 Å². The second kappa shape index (κ2) is 6.37. The molecule has 0 unspecified atom stereocenters. The van der Waals surface area contributed by atoms with Gasteiger partial charge in [-0.3, -0.25) is 4.79 Å². The number of hydrogen-bond donors (Lipinski definition) is 2. The summed E-state index contributed by atoms with van der Waals surface area (Å²) in [7, 11) is 0. The van der Waals surface area contributed by atoms with Crippen LogP contribution in [0.2, 0.25) is 0 Å². The molecule has 0 aliphatic rings. The van der Waals surface area contributed by atoms with Crippen LogP contribution in [0.15, 0.2) is 71.8 Å². The average Bonchev–Trinajstić information content (AvgIpc) is 3.34. The van der Waals surface area contributed by atoms with Crippen LogP contribution in [-0.2, 0) is 4.79 Å². The zero-order valence-corrected chi connectivity index (χ0v) is 13.8. The van der Waals surface area contributed by atoms with Gasteiger partial charge in [0, 0.05) is 29.5 Å². The molecule has 24 heavy (non-hydrogen) atoms. The van der Waals surface area contributed by atoms with Gasteiger partial charge < -0.3 is 14.9 Å². The molecule has 5 heteroatoms. The first kappa shape index (κ1) is 14.8. The molecular weight excluding hydrogens is 318 g/mol. The summed E-state index contributed by atoms with van der Waals surface area (Å²) in [5, 5.41) is 8.23. The molecular formula is C19H17N3OS. The molecule has 0 saturated heterocycles. The Hall–Kier alpha value is -2.79. The molecule has 4 rings (SSSR count). The number of benzene rings is 1. The molecule has 3 aromatic heterocycles. The van der Waals surface area contributed by atoms with Crippen molar-refractivity contribution in [2.75, 3.05) is 5.32 Å². The summed E-state index contributed by atoms with van der Waals surface area (Å²) in [6, 6.07) is 13.9. The number of nitrogens with zero attached hydrogens (tertiary/aromatic N) is 1. The van der Waals surface area contributed by atoms with E-state index in [0.717, 1.165) is 22.2 Å². The van der Waals surface area contributed by atoms with E-state index in [1.807, 2.05) is 60.4 Å². The van der Waals surface area contributed by atoms with E-state index in [2.05, 4.69) is 26.3 Å². The van der Waals surface area contributed by atoms with Gasteiger partial charge in [-0.15, -0.1) is 0 Å². The minimum atomic E-state index is 0.00796. The van der Waals surface area contributed by atoms with Gasteiger partial charge in [0.15, 0.2) is 0 Å². The van der Waals surface area contributed by atoms with Crippen molar-refractivity contribution in [2.45, 2.75) is 12.5 Å². The summed E-state index contributed by atoms with van der Waals surface area (Å²) in [6.07, 6.45) is 6.28. The van der Waals surface area contributed by atoms with Crippen LogP contribution in [0.3, 0.4) is 0 Å². The fraction of sp³-hybridized carbons (Fsp3) is 0.105. The first-order valence-corrected chi connectivity index (χ1v) is 8.76. The normalized spacial score (nSPS) is 12.3. The molecule has 1 amide bonds. The van der Waals surface area contributed by atoms with E-state index in [9.17, 15) is 4.79 Å². The Morgan fingerprint density at radius 3 is 2.83 bits per heavy atom. The fourth-order valence-corrected chi connectivity index (χ4v) is 3.69. The number of thiophene rings is 1. The zero-order chi connectivity index (χ0) is 16.4. The quantitative estimate of drug-likeness (QED) is 0.548. The molecule has 0 bridgehead atoms. The number of nitrogens with one attached hydrogen (secondary N) is 2. The van der Waals surface area contributed by atoms with Gasteiger partial charge in [0.1, 0.15) is 0 Å². The van der Waals surface area contributed by atoms with Crippen molar-refractivity contribution in [3.8, 4) is 0 Å². The second-order valence-corrected chi connectivity index (χ2v) is 6.48. The Balaban J connectivity index is 1.57. The molecule has 0 saturated carbocycles. The highest BCUT2D eigenvalue weighted by Crippen LogP contribution is 2.27. The van der Waals surface area contributed by atoms with Crippen molar-refractivity contribution < 1.29 is 4.79 Å². The van der Waals surface area contributed by atoms with Gasteiger partial charge in [0.05, 0.1) is 18.2 Å². The van der Waals surface area contributed by atoms with Crippen LogP contribution in [-0.4, -0.2) is 15.5 Å². The van der Waals surface area contributed by atoms with Gasteiger partial charge in [-0.25, -0.2) is 0 Å². The highest BCUT2D eigenvalue weighted by molar-refractivity contribution is 7.08. The third-order valence-electron chi connectivity index (χ3n) is 4.16. The number of aromatic amines is 1. The van der Waals surface area contributed by atoms with E-state index in [0.29, 0.717) is 6.42 Å². The first-order valence-electron chi connectivity index (χ1n) is 7.82. The summed E-state index contributed by atoms with van der Waals surface area (Å²) in [4.78, 5) is 15.8. The van der Waals surface area contributed by atoms with E-state index >= 15 is 0 Å². The maximum Gasteiger partial charge on any atom is 0.226 e. The fourth-order valence-electron chi connectivity index (χ4n) is 2.99. The van der Waals surface area contributed by atoms with Crippen molar-refractivity contribution in [1.82, 2.24) is 9.55 Å². The highest BCUT2D eigenvalue weighted by atomic mass is 32.1. The lowest BCUT2D eigenvalue weighted by Gasteiger charge is -2.18. The summed E-state index contributed by atoms with van der Waals surface area (Å²) >= 11 is 1.65. The Morgan fingerprint density at radius 2 is 2.04 bits per heavy atom. The van der Waals surface area contributed by atoms with Gasteiger partial charge in [-0.1, -0.05) is 6.07 Å². The van der Waals surface area contributed by atoms with Crippen molar-refractivity contribution in [2.24, 2.45) is 0 Å². The van der Waals surface area contributed by atoms with Crippen LogP contribution >= 0.6 is 11.3 Å². The number of carbonyl (C=O) groups is 1. The zero-order valence-electron chi connectivity index (χ0n) is 13.0. The van der Waals surface area contributed by atoms with E-state index in [-0.39, 0.29) is 11.9 Å². The predicted molar refractivity (Wildman–Crippen MR) is 98.4 cm³/mol. The number of fused-ring (bicyclic) bond motifs is 1. The molecule has 2 N–H and O–H groups in total. The van der Waals surface area contributed by atoms with Crippen molar-refractivity contribution in [1.29, 1.82) is 0 Å². The number of anilines is 1. The van der Waals surface area contributed by atoms with Crippen molar-refractivity contribution >= 4 is 33.8 Å². The van der Waals surface area contributed by atoms with Gasteiger partial charge in [-0.05, 0) is 52.7 Å². The molecule has 120 valence electrons. The summed E-state index contributed by atoms with van der Waals surface area (Å²) < 4.78 is 2.08. The summed E-state index contributed by atoms with van der Waals surface area (Å²) in [5.74, 6) is 0.00796. The molecule has 0 fully saturated rings. The van der Waals surface area contributed by atoms with Crippen LogP contribution in [0.1, 0.15) is 18.0 Å². The third kappa shape index (κ3) is 2.86. The lowest BCUT2D eigenvalue weighted by atomic mass is 10.1. The van der Waals surface area contributed by atoms with Gasteiger partial charge in [-0.2, -0.15) is 11.3 Å². The topological polar surface area (TPSA) is 49.8 Å². The third-order valence-corrected chi connectivity index (χ3v) is 4.86. The number of rotatable bonds is 5. The van der Waals surface area contributed by atoms with Crippen LogP contribution < -0.4 is 5.32 Å². The molecule has 0 radical (unpaired) electrons. The highest BCUT2D eigenvalue weighted by Gasteiger charge is 2.18. The molecule has 1 atom stereocenters. The number of hydrogen-bond acceptors (Lipinski definition) is 2. The number of aromatic nitrogens is 2. The lowest BCUT2D eigenvalue weighted by Crippen LogP contribution is -2.19. The Bertz CT molecular complexity index is 904. The molecule has 0 aliphatic heterocycles. The predicted octanol–water partition coefficient (Wildman–Crippen LogP) is 4.65. The minimum Gasteiger partial charge on any atom is -0.361 e. The second-order valence-electron chi connectivity index (χ2n) is 5.70. The maximum atomic E-state index is 12.6. The first-order chi connectivity index (χ1) is 11.8. The van der Waals surface area contributed by atoms with Crippen LogP contribution in [0.4, 0.5) is 5.69 Å². The summed E-state index contributed by atoms with van der Waals surface area (Å²) in [6.45, 7) is 0. The van der Waals surface area contributed by atoms with Gasteiger partial charge in [0.25, 0.3) is 0 Å². The average molecular weight is 335 g/mol. The van der Waals surface area contributed by atoms with Crippen LogP contribution in [0.25, 0.3) is 10.9 Å². The van der Waals surface area contributed by atoms with Crippen molar-refractivity contribution in [3.05, 3.63) is 77.4 Å². The van der Waals surface area contributed by atoms with E-state index in [1.165, 1.54) is 0 Å². The van der Waals surface area contributed by atoms with Gasteiger partial charge >= 0.3 is 0 Å². The Kier molecular flexibility index (Phi) is 3.92. The number of H-pyrrole nitrogens is 1. The smallest absolute Gasteiger partial charge is 0.226 e. The monoisotopic (exact) mass is 335 g/mol. The summed E-state index contributed by atoms with van der Waals surface area (Å²) in [5.41, 5.74) is 3.02. The minimum absolute atomic E-state index is 0.00796. The standard InChI is InChI=1S/C19H17N3OS/c23-19(21-17-5-3-4-16-15(17)6-8-20-16)12-18(14-7-11-24-13-14)22-9-1-2-10-22/h1-11,13,18,20H,12H2,(H,21,23)/t18-/m1/s1. The molecule has 4 nitrogen and oxygen atoms in total. The van der Waals surface area contributed by atoms with E-state index in [4.69, 9.17) is 0 Å². The van der Waals surface area contributed by atoms with E-state index in [1.54, 1.807) is 11.3 Å². The number of carbonyl (C=O) groups excluding carboxylic acids is 1. The van der Waals surface area contributed by atoms with Crippen LogP contribution in [0.5, 0.6) is 0 Å². The van der Waals surface area contributed by atoms with E-state index < -0.39 is 0 Å².